The number of imide groups is 1. The standard InChI is InChI=1S/C23H25N5O4S2.C5H9N3OS/c1-23(2,13-24)20(30)25-10-5-11-28-19(29)17(33-22(28)31)12-14-8-9-18(32-14)34-21-26-15-6-3-4-7-16(15)27-21;6-5-2-10-1-3(5)7-4(9)8-5/h3-4,6-9,12H,5,10-11,13,24H2,1-2H3,(H,25,30)(H,26,27);3H,1-2,6H2,(H2,7,8,9)/b17-12-;/t;3-,5+/m.1/s1. The molecular formula is C28H34N8O5S3. The summed E-state index contributed by atoms with van der Waals surface area (Å²) in [6.07, 6.45) is 2.02. The predicted octanol–water partition coefficient (Wildman–Crippen LogP) is 2.90. The van der Waals surface area contributed by atoms with Crippen LogP contribution in [0.4, 0.5) is 9.59 Å². The number of thioether (sulfide) groups is 2. The van der Waals surface area contributed by atoms with E-state index >= 15 is 0 Å². The Morgan fingerprint density at radius 1 is 1.27 bits per heavy atom. The van der Waals surface area contributed by atoms with E-state index < -0.39 is 11.1 Å². The van der Waals surface area contributed by atoms with E-state index in [-0.39, 0.29) is 42.2 Å². The van der Waals surface area contributed by atoms with Crippen LogP contribution >= 0.6 is 35.3 Å². The van der Waals surface area contributed by atoms with Gasteiger partial charge >= 0.3 is 6.03 Å². The number of hydrogen-bond donors (Lipinski definition) is 6. The van der Waals surface area contributed by atoms with E-state index in [1.165, 1.54) is 16.7 Å². The number of rotatable bonds is 9. The second kappa shape index (κ2) is 13.3. The number of fused-ring (bicyclic) bond motifs is 2. The van der Waals surface area contributed by atoms with E-state index in [1.807, 2.05) is 24.3 Å². The number of imidazole rings is 1. The van der Waals surface area contributed by atoms with Crippen LogP contribution in [0.15, 0.2) is 56.0 Å². The molecule has 3 saturated heterocycles. The summed E-state index contributed by atoms with van der Waals surface area (Å²) in [5, 5.41) is 9.23. The number of furan rings is 1. The van der Waals surface area contributed by atoms with Gasteiger partial charge in [-0.2, -0.15) is 11.8 Å². The van der Waals surface area contributed by atoms with E-state index in [0.29, 0.717) is 33.9 Å². The quantitative estimate of drug-likeness (QED) is 0.112. The van der Waals surface area contributed by atoms with Crippen molar-refractivity contribution in [2.45, 2.75) is 42.2 Å². The van der Waals surface area contributed by atoms with Crippen LogP contribution in [0.2, 0.25) is 0 Å². The number of carbonyl (C=O) groups excluding carboxylic acids is 4. The van der Waals surface area contributed by atoms with Crippen molar-refractivity contribution in [3.63, 3.8) is 0 Å². The van der Waals surface area contributed by atoms with Gasteiger partial charge in [0.05, 0.1) is 27.4 Å². The van der Waals surface area contributed by atoms with Gasteiger partial charge in [0, 0.05) is 37.2 Å². The molecule has 5 amide bonds. The van der Waals surface area contributed by atoms with Crippen molar-refractivity contribution in [1.82, 2.24) is 30.8 Å². The molecule has 44 heavy (non-hydrogen) atoms. The molecule has 234 valence electrons. The van der Waals surface area contributed by atoms with E-state index in [9.17, 15) is 19.2 Å². The van der Waals surface area contributed by atoms with Crippen LogP contribution in [0.1, 0.15) is 26.0 Å². The molecule has 3 aromatic rings. The largest absolute Gasteiger partial charge is 0.450 e. The van der Waals surface area contributed by atoms with Crippen LogP contribution in [-0.2, 0) is 9.59 Å². The number of nitrogens with zero attached hydrogens (tertiary/aromatic N) is 2. The summed E-state index contributed by atoms with van der Waals surface area (Å²) in [7, 11) is 0. The van der Waals surface area contributed by atoms with Crippen LogP contribution < -0.4 is 27.4 Å². The highest BCUT2D eigenvalue weighted by atomic mass is 32.2. The summed E-state index contributed by atoms with van der Waals surface area (Å²) >= 11 is 3.98. The molecule has 16 heteroatoms. The molecule has 6 rings (SSSR count). The highest BCUT2D eigenvalue weighted by Gasteiger charge is 2.47. The Bertz CT molecular complexity index is 1570. The molecule has 13 nitrogen and oxygen atoms in total. The first-order chi connectivity index (χ1) is 21.0. The molecule has 0 saturated carbocycles. The number of H-pyrrole nitrogens is 1. The maximum absolute atomic E-state index is 12.7. The molecule has 3 fully saturated rings. The Morgan fingerprint density at radius 2 is 2.07 bits per heavy atom. The lowest BCUT2D eigenvalue weighted by Crippen LogP contribution is -2.56. The number of para-hydroxylation sites is 2. The number of nitrogens with two attached hydrogens (primary N) is 2. The van der Waals surface area contributed by atoms with Crippen molar-refractivity contribution in [2.24, 2.45) is 16.9 Å². The van der Waals surface area contributed by atoms with Crippen molar-refractivity contribution >= 4 is 75.5 Å². The number of amides is 5. The van der Waals surface area contributed by atoms with Gasteiger partial charge in [0.15, 0.2) is 10.2 Å². The number of urea groups is 1. The third kappa shape index (κ3) is 7.26. The van der Waals surface area contributed by atoms with Gasteiger partial charge in [0.25, 0.3) is 11.1 Å². The minimum atomic E-state index is -0.657. The Hall–Kier alpha value is -3.44. The molecule has 0 aliphatic carbocycles. The Kier molecular flexibility index (Phi) is 9.65. The fourth-order valence-electron chi connectivity index (χ4n) is 4.43. The van der Waals surface area contributed by atoms with Crippen LogP contribution in [-0.4, -0.2) is 80.8 Å². The molecule has 3 aliphatic heterocycles. The smallest absolute Gasteiger partial charge is 0.316 e. The molecule has 0 spiro atoms. The number of hydrogen-bond acceptors (Lipinski definition) is 11. The zero-order valence-corrected chi connectivity index (χ0v) is 26.6. The molecule has 8 N–H and O–H groups in total. The first-order valence-electron chi connectivity index (χ1n) is 13.9. The second-order valence-corrected chi connectivity index (χ2v) is 14.1. The maximum Gasteiger partial charge on any atom is 0.316 e. The average molecular weight is 659 g/mol. The fraction of sp³-hybridized carbons (Fsp3) is 0.393. The Labute approximate surface area is 266 Å². The maximum atomic E-state index is 12.7. The number of nitrogens with one attached hydrogen (secondary N) is 4. The van der Waals surface area contributed by atoms with Crippen LogP contribution in [0.3, 0.4) is 0 Å². The van der Waals surface area contributed by atoms with Gasteiger partial charge in [-0.1, -0.05) is 12.1 Å². The molecule has 0 radical (unpaired) electrons. The first-order valence-corrected chi connectivity index (χ1v) is 16.7. The van der Waals surface area contributed by atoms with Gasteiger partial charge in [-0.15, -0.1) is 0 Å². The van der Waals surface area contributed by atoms with Gasteiger partial charge in [0.2, 0.25) is 5.91 Å². The lowest BCUT2D eigenvalue weighted by molar-refractivity contribution is -0.128. The highest BCUT2D eigenvalue weighted by molar-refractivity contribution is 8.18. The monoisotopic (exact) mass is 658 g/mol. The van der Waals surface area contributed by atoms with Gasteiger partial charge in [-0.3, -0.25) is 19.3 Å². The summed E-state index contributed by atoms with van der Waals surface area (Å²) in [5.41, 5.74) is 12.1. The fourth-order valence-corrected chi connectivity index (χ4v) is 7.39. The van der Waals surface area contributed by atoms with Crippen LogP contribution in [0.5, 0.6) is 0 Å². The molecule has 2 atom stereocenters. The van der Waals surface area contributed by atoms with Gasteiger partial charge in [-0.05, 0) is 68.1 Å². The minimum Gasteiger partial charge on any atom is -0.450 e. The van der Waals surface area contributed by atoms with E-state index in [1.54, 1.807) is 43.8 Å². The topological polar surface area (TPSA) is 201 Å². The van der Waals surface area contributed by atoms with Gasteiger partial charge in [0.1, 0.15) is 11.4 Å². The summed E-state index contributed by atoms with van der Waals surface area (Å²) in [6, 6.07) is 11.3. The van der Waals surface area contributed by atoms with E-state index in [0.717, 1.165) is 34.3 Å². The minimum absolute atomic E-state index is 0.130. The third-order valence-corrected chi connectivity index (χ3v) is 10.1. The van der Waals surface area contributed by atoms with Crippen molar-refractivity contribution in [3.8, 4) is 0 Å². The van der Waals surface area contributed by atoms with Gasteiger partial charge < -0.3 is 36.8 Å². The predicted molar refractivity (Wildman–Crippen MR) is 172 cm³/mol. The van der Waals surface area contributed by atoms with E-state index in [2.05, 4.69) is 25.9 Å². The van der Waals surface area contributed by atoms with Crippen LogP contribution in [0.25, 0.3) is 17.1 Å². The molecule has 3 aliphatic rings. The second-order valence-electron chi connectivity index (χ2n) is 11.1. The Balaban J connectivity index is 0.000000322. The lowest BCUT2D eigenvalue weighted by Gasteiger charge is -2.21. The average Bonchev–Trinajstić information content (AvgIpc) is 3.78. The lowest BCUT2D eigenvalue weighted by atomic mass is 9.93. The first kappa shape index (κ1) is 32.0. The molecular weight excluding hydrogens is 625 g/mol. The van der Waals surface area contributed by atoms with Crippen molar-refractivity contribution in [1.29, 1.82) is 0 Å². The molecule has 0 unspecified atom stereocenters. The third-order valence-electron chi connectivity index (χ3n) is 7.18. The summed E-state index contributed by atoms with van der Waals surface area (Å²) < 4.78 is 5.81. The van der Waals surface area contributed by atoms with Gasteiger partial charge in [-0.25, -0.2) is 9.78 Å². The highest BCUT2D eigenvalue weighted by Crippen LogP contribution is 2.34. The number of aromatic amines is 1. The normalized spacial score (nSPS) is 22.2. The SMILES string of the molecule is CC(C)(CN)C(=O)NCCCN1C(=O)S/C(=C\c2ccc(Sc3nc4ccccc4[nH]3)o2)C1=O.N[C@]12CSC[C@H]1NC(=O)N2. The van der Waals surface area contributed by atoms with Crippen molar-refractivity contribution in [2.75, 3.05) is 31.1 Å². The number of carbonyl (C=O) groups is 4. The molecule has 1 aromatic carbocycles. The Morgan fingerprint density at radius 3 is 2.82 bits per heavy atom. The molecule has 5 heterocycles. The summed E-state index contributed by atoms with van der Waals surface area (Å²) in [5.74, 6) is 1.69. The molecule has 0 bridgehead atoms. The zero-order valence-electron chi connectivity index (χ0n) is 24.2. The van der Waals surface area contributed by atoms with Crippen molar-refractivity contribution < 1.29 is 23.6 Å². The number of benzene rings is 1. The van der Waals surface area contributed by atoms with E-state index in [4.69, 9.17) is 15.9 Å². The number of aromatic nitrogens is 2. The van der Waals surface area contributed by atoms with Crippen LogP contribution in [0, 0.1) is 5.41 Å². The summed E-state index contributed by atoms with van der Waals surface area (Å²) in [6.45, 7) is 4.33. The molecule has 2 aromatic heterocycles. The summed E-state index contributed by atoms with van der Waals surface area (Å²) in [4.78, 5) is 57.1. The van der Waals surface area contributed by atoms with Crippen molar-refractivity contribution in [3.05, 3.63) is 47.1 Å². The zero-order chi connectivity index (χ0) is 31.5.